The highest BCUT2D eigenvalue weighted by atomic mass is 19.1. The number of aliphatic hydroxyl groups excluding tert-OH is 1. The number of rotatable bonds is 3. The smallest absolute Gasteiger partial charge is 0.242 e. The Morgan fingerprint density at radius 1 is 1.21 bits per heavy atom. The van der Waals surface area contributed by atoms with Crippen molar-refractivity contribution in [2.75, 3.05) is 13.1 Å². The van der Waals surface area contributed by atoms with E-state index in [1.165, 1.54) is 24.3 Å². The molecule has 1 aliphatic rings. The molecule has 1 aromatic carbocycles. The number of hydrogen-bond donors (Lipinski definition) is 2. The number of amides is 1. The van der Waals surface area contributed by atoms with E-state index in [1.54, 1.807) is 4.90 Å². The molecule has 5 heteroatoms. The lowest BCUT2D eigenvalue weighted by Gasteiger charge is -2.30. The molecule has 2 rings (SSSR count). The van der Waals surface area contributed by atoms with Crippen molar-refractivity contribution in [2.45, 2.75) is 31.4 Å². The van der Waals surface area contributed by atoms with E-state index in [2.05, 4.69) is 0 Å². The predicted molar refractivity (Wildman–Crippen MR) is 69.8 cm³/mol. The van der Waals surface area contributed by atoms with Crippen LogP contribution in [-0.4, -0.2) is 35.0 Å². The summed E-state index contributed by atoms with van der Waals surface area (Å²) in [7, 11) is 0. The predicted octanol–water partition coefficient (Wildman–Crippen LogP) is 1.20. The molecule has 0 aromatic heterocycles. The second-order valence-electron chi connectivity index (χ2n) is 4.91. The summed E-state index contributed by atoms with van der Waals surface area (Å²) >= 11 is 0. The molecule has 4 nitrogen and oxygen atoms in total. The van der Waals surface area contributed by atoms with Gasteiger partial charge in [0.05, 0.1) is 0 Å². The summed E-state index contributed by atoms with van der Waals surface area (Å²) in [5.74, 6) is -0.622. The minimum Gasteiger partial charge on any atom is -0.386 e. The Bertz CT molecular complexity index is 430. The molecule has 0 spiro atoms. The van der Waals surface area contributed by atoms with Gasteiger partial charge in [0.1, 0.15) is 18.0 Å². The number of hydrogen-bond acceptors (Lipinski definition) is 3. The van der Waals surface area contributed by atoms with Crippen LogP contribution in [0.5, 0.6) is 0 Å². The van der Waals surface area contributed by atoms with Crippen LogP contribution in [0.25, 0.3) is 0 Å². The van der Waals surface area contributed by atoms with Crippen molar-refractivity contribution in [3.8, 4) is 0 Å². The Hall–Kier alpha value is -1.46. The number of aliphatic hydroxyl groups is 1. The molecule has 1 aromatic rings. The molecule has 0 bridgehead atoms. The van der Waals surface area contributed by atoms with Crippen LogP contribution in [0.4, 0.5) is 4.39 Å². The summed E-state index contributed by atoms with van der Waals surface area (Å²) in [6, 6.07) is 4.39. The molecular formula is C14H19FN2O2. The fraction of sp³-hybridized carbons (Fsp3) is 0.500. The van der Waals surface area contributed by atoms with Crippen molar-refractivity contribution in [3.63, 3.8) is 0 Å². The van der Waals surface area contributed by atoms with Crippen LogP contribution in [0.1, 0.15) is 30.9 Å². The molecule has 0 radical (unpaired) electrons. The van der Waals surface area contributed by atoms with E-state index in [4.69, 9.17) is 5.73 Å². The zero-order chi connectivity index (χ0) is 13.8. The van der Waals surface area contributed by atoms with Crippen molar-refractivity contribution in [1.82, 2.24) is 4.90 Å². The molecule has 19 heavy (non-hydrogen) atoms. The second-order valence-corrected chi connectivity index (χ2v) is 4.91. The Morgan fingerprint density at radius 2 is 1.79 bits per heavy atom. The first kappa shape index (κ1) is 14.0. The van der Waals surface area contributed by atoms with Gasteiger partial charge in [0, 0.05) is 13.1 Å². The van der Waals surface area contributed by atoms with Crippen LogP contribution in [0, 0.1) is 5.82 Å². The molecule has 3 N–H and O–H groups in total. The molecule has 2 atom stereocenters. The monoisotopic (exact) mass is 266 g/mol. The Labute approximate surface area is 112 Å². The van der Waals surface area contributed by atoms with Gasteiger partial charge in [-0.2, -0.15) is 0 Å². The summed E-state index contributed by atoms with van der Waals surface area (Å²) in [5, 5.41) is 10.1. The van der Waals surface area contributed by atoms with Crippen molar-refractivity contribution in [3.05, 3.63) is 35.6 Å². The number of carbonyl (C=O) groups excluding carboxylic acids is 1. The maximum Gasteiger partial charge on any atom is 0.242 e. The van der Waals surface area contributed by atoms with E-state index in [1.807, 2.05) is 0 Å². The van der Waals surface area contributed by atoms with Gasteiger partial charge >= 0.3 is 0 Å². The molecule has 0 saturated carbocycles. The standard InChI is InChI=1S/C14H19FN2O2/c15-11-6-4-10(5-7-11)13(18)12(16)14(19)17-8-2-1-3-9-17/h4-7,12-13,18H,1-3,8-9,16H2/t12-,13+/m1/s1. The largest absolute Gasteiger partial charge is 0.386 e. The number of carbonyl (C=O) groups is 1. The van der Waals surface area contributed by atoms with E-state index in [0.717, 1.165) is 19.3 Å². The normalized spacial score (nSPS) is 19.0. The minimum atomic E-state index is -1.10. The van der Waals surface area contributed by atoms with Crippen molar-refractivity contribution in [1.29, 1.82) is 0 Å². The molecule has 1 amide bonds. The second kappa shape index (κ2) is 6.12. The van der Waals surface area contributed by atoms with Crippen LogP contribution in [0.2, 0.25) is 0 Å². The van der Waals surface area contributed by atoms with Gasteiger partial charge in [0.25, 0.3) is 0 Å². The molecule has 1 saturated heterocycles. The van der Waals surface area contributed by atoms with Crippen LogP contribution < -0.4 is 5.73 Å². The summed E-state index contributed by atoms with van der Waals surface area (Å²) in [4.78, 5) is 13.8. The molecular weight excluding hydrogens is 247 g/mol. The third kappa shape index (κ3) is 3.30. The number of likely N-dealkylation sites (tertiary alicyclic amines) is 1. The average molecular weight is 266 g/mol. The highest BCUT2D eigenvalue weighted by molar-refractivity contribution is 5.82. The van der Waals surface area contributed by atoms with Gasteiger partial charge < -0.3 is 15.7 Å². The van der Waals surface area contributed by atoms with Crippen molar-refractivity contribution in [2.24, 2.45) is 5.73 Å². The van der Waals surface area contributed by atoms with Gasteiger partial charge in [-0.1, -0.05) is 12.1 Å². The average Bonchev–Trinajstić information content (AvgIpc) is 2.46. The lowest BCUT2D eigenvalue weighted by molar-refractivity contribution is -0.136. The Kier molecular flexibility index (Phi) is 4.50. The fourth-order valence-corrected chi connectivity index (χ4v) is 2.33. The Morgan fingerprint density at radius 3 is 2.37 bits per heavy atom. The Balaban J connectivity index is 2.03. The highest BCUT2D eigenvalue weighted by Crippen LogP contribution is 2.19. The van der Waals surface area contributed by atoms with Crippen LogP contribution >= 0.6 is 0 Å². The number of nitrogens with two attached hydrogens (primary N) is 1. The van der Waals surface area contributed by atoms with Gasteiger partial charge in [-0.25, -0.2) is 4.39 Å². The van der Waals surface area contributed by atoms with Crippen LogP contribution in [0.15, 0.2) is 24.3 Å². The third-order valence-corrected chi connectivity index (χ3v) is 3.50. The van der Waals surface area contributed by atoms with E-state index in [0.29, 0.717) is 18.7 Å². The van der Waals surface area contributed by atoms with Gasteiger partial charge in [0.15, 0.2) is 0 Å². The lowest BCUT2D eigenvalue weighted by Crippen LogP contribution is -2.48. The van der Waals surface area contributed by atoms with Gasteiger partial charge in [-0.3, -0.25) is 4.79 Å². The highest BCUT2D eigenvalue weighted by Gasteiger charge is 2.28. The maximum absolute atomic E-state index is 12.8. The molecule has 104 valence electrons. The lowest BCUT2D eigenvalue weighted by atomic mass is 10.0. The summed E-state index contributed by atoms with van der Waals surface area (Å²) in [6.45, 7) is 1.39. The quantitative estimate of drug-likeness (QED) is 0.864. The number of halogens is 1. The van der Waals surface area contributed by atoms with E-state index in [9.17, 15) is 14.3 Å². The van der Waals surface area contributed by atoms with E-state index < -0.39 is 12.1 Å². The number of benzene rings is 1. The first-order chi connectivity index (χ1) is 9.09. The number of nitrogens with zero attached hydrogens (tertiary/aromatic N) is 1. The first-order valence-corrected chi connectivity index (χ1v) is 6.57. The molecule has 0 aliphatic carbocycles. The van der Waals surface area contributed by atoms with Crippen molar-refractivity contribution >= 4 is 5.91 Å². The van der Waals surface area contributed by atoms with Crippen molar-refractivity contribution < 1.29 is 14.3 Å². The maximum atomic E-state index is 12.8. The summed E-state index contributed by atoms with van der Waals surface area (Å²) in [5.41, 5.74) is 6.28. The molecule has 1 heterocycles. The van der Waals surface area contributed by atoms with Crippen LogP contribution in [0.3, 0.4) is 0 Å². The topological polar surface area (TPSA) is 66.6 Å². The minimum absolute atomic E-state index is 0.239. The van der Waals surface area contributed by atoms with Gasteiger partial charge in [-0.15, -0.1) is 0 Å². The van der Waals surface area contributed by atoms with Gasteiger partial charge in [0.2, 0.25) is 5.91 Å². The third-order valence-electron chi connectivity index (χ3n) is 3.50. The van der Waals surface area contributed by atoms with E-state index >= 15 is 0 Å². The molecule has 1 fully saturated rings. The molecule has 1 aliphatic heterocycles. The fourth-order valence-electron chi connectivity index (χ4n) is 2.33. The number of piperidine rings is 1. The first-order valence-electron chi connectivity index (χ1n) is 6.57. The summed E-state index contributed by atoms with van der Waals surface area (Å²) < 4.78 is 12.8. The van der Waals surface area contributed by atoms with Gasteiger partial charge in [-0.05, 0) is 37.0 Å². The summed E-state index contributed by atoms with van der Waals surface area (Å²) in [6.07, 6.45) is 1.98. The van der Waals surface area contributed by atoms with Crippen LogP contribution in [-0.2, 0) is 4.79 Å². The zero-order valence-corrected chi connectivity index (χ0v) is 10.8. The SMILES string of the molecule is N[C@@H](C(=O)N1CCCCC1)[C@@H](O)c1ccc(F)cc1. The zero-order valence-electron chi connectivity index (χ0n) is 10.8. The molecule has 0 unspecified atom stereocenters. The van der Waals surface area contributed by atoms with E-state index in [-0.39, 0.29) is 11.7 Å².